The summed E-state index contributed by atoms with van der Waals surface area (Å²) in [6, 6.07) is 6.17. The van der Waals surface area contributed by atoms with Crippen molar-refractivity contribution in [3.8, 4) is 0 Å². The summed E-state index contributed by atoms with van der Waals surface area (Å²) in [5.74, 6) is 0.801. The van der Waals surface area contributed by atoms with E-state index in [1.165, 1.54) is 25.7 Å². The molecule has 16 heavy (non-hydrogen) atoms. The van der Waals surface area contributed by atoms with Gasteiger partial charge in [0.25, 0.3) is 0 Å². The van der Waals surface area contributed by atoms with Gasteiger partial charge in [-0.05, 0) is 30.9 Å². The van der Waals surface area contributed by atoms with Crippen LogP contribution in [-0.2, 0) is 0 Å². The van der Waals surface area contributed by atoms with Gasteiger partial charge < -0.3 is 11.1 Å². The Morgan fingerprint density at radius 3 is 2.88 bits per heavy atom. The molecule has 1 aromatic carbocycles. The molecule has 1 saturated carbocycles. The highest BCUT2D eigenvalue weighted by molar-refractivity contribution is 6.33. The van der Waals surface area contributed by atoms with Crippen LogP contribution in [0.3, 0.4) is 0 Å². The lowest BCUT2D eigenvalue weighted by atomic mass is 9.87. The number of nitrogens with one attached hydrogen (secondary N) is 1. The molecule has 3 N–H and O–H groups in total. The molecule has 88 valence electrons. The van der Waals surface area contributed by atoms with E-state index in [1.807, 2.05) is 18.2 Å². The van der Waals surface area contributed by atoms with Gasteiger partial charge in [0.1, 0.15) is 0 Å². The molecule has 0 radical (unpaired) electrons. The van der Waals surface area contributed by atoms with Gasteiger partial charge in [0.15, 0.2) is 0 Å². The lowest BCUT2D eigenvalue weighted by Gasteiger charge is -2.29. The van der Waals surface area contributed by atoms with Gasteiger partial charge in [-0.2, -0.15) is 0 Å². The smallest absolute Gasteiger partial charge is 0.0765 e. The molecule has 1 fully saturated rings. The third kappa shape index (κ3) is 2.62. The number of hydrogen-bond donors (Lipinski definition) is 2. The number of anilines is 2. The standard InChI is InChI=1S/C13H19ClN2/c1-9-4-2-5-10(8-9)16-13-11(14)6-3-7-12(13)15/h3,6-7,9-10,16H,2,4-5,8,15H2,1H3. The summed E-state index contributed by atoms with van der Waals surface area (Å²) in [5, 5.41) is 4.21. The summed E-state index contributed by atoms with van der Waals surface area (Å²) >= 11 is 6.14. The third-order valence-corrected chi connectivity index (χ3v) is 3.65. The van der Waals surface area contributed by atoms with Crippen molar-refractivity contribution in [2.75, 3.05) is 11.1 Å². The monoisotopic (exact) mass is 238 g/mol. The van der Waals surface area contributed by atoms with E-state index in [0.717, 1.165) is 22.3 Å². The minimum atomic E-state index is 0.519. The summed E-state index contributed by atoms with van der Waals surface area (Å²) in [6.07, 6.45) is 5.07. The second-order valence-corrected chi connectivity index (χ2v) is 5.22. The largest absolute Gasteiger partial charge is 0.397 e. The molecule has 2 atom stereocenters. The van der Waals surface area contributed by atoms with Gasteiger partial charge in [-0.25, -0.2) is 0 Å². The van der Waals surface area contributed by atoms with E-state index in [9.17, 15) is 0 Å². The quantitative estimate of drug-likeness (QED) is 0.767. The predicted molar refractivity (Wildman–Crippen MR) is 70.9 cm³/mol. The fourth-order valence-corrected chi connectivity index (χ4v) is 2.70. The molecule has 0 amide bonds. The molecule has 2 rings (SSSR count). The molecule has 0 aliphatic heterocycles. The Morgan fingerprint density at radius 1 is 1.38 bits per heavy atom. The van der Waals surface area contributed by atoms with Crippen LogP contribution in [0.25, 0.3) is 0 Å². The summed E-state index contributed by atoms with van der Waals surface area (Å²) in [7, 11) is 0. The van der Waals surface area contributed by atoms with Crippen LogP contribution in [0.5, 0.6) is 0 Å². The fourth-order valence-electron chi connectivity index (χ4n) is 2.46. The fraction of sp³-hybridized carbons (Fsp3) is 0.538. The molecule has 0 saturated heterocycles. The highest BCUT2D eigenvalue weighted by Gasteiger charge is 2.19. The maximum atomic E-state index is 6.14. The number of rotatable bonds is 2. The number of para-hydroxylation sites is 1. The Labute approximate surface area is 102 Å². The second-order valence-electron chi connectivity index (χ2n) is 4.82. The van der Waals surface area contributed by atoms with Crippen molar-refractivity contribution >= 4 is 23.0 Å². The van der Waals surface area contributed by atoms with Gasteiger partial charge in [0.2, 0.25) is 0 Å². The third-order valence-electron chi connectivity index (χ3n) is 3.33. The topological polar surface area (TPSA) is 38.0 Å². The summed E-state index contributed by atoms with van der Waals surface area (Å²) < 4.78 is 0. The van der Waals surface area contributed by atoms with Crippen LogP contribution in [0, 0.1) is 5.92 Å². The van der Waals surface area contributed by atoms with Crippen LogP contribution in [0.2, 0.25) is 5.02 Å². The minimum absolute atomic E-state index is 0.519. The molecule has 1 aliphatic rings. The predicted octanol–water partition coefficient (Wildman–Crippen LogP) is 3.91. The van der Waals surface area contributed by atoms with Gasteiger partial charge in [-0.3, -0.25) is 0 Å². The van der Waals surface area contributed by atoms with Crippen molar-refractivity contribution in [3.63, 3.8) is 0 Å². The lowest BCUT2D eigenvalue weighted by Crippen LogP contribution is -2.26. The van der Waals surface area contributed by atoms with Crippen LogP contribution in [0.15, 0.2) is 18.2 Å². The summed E-state index contributed by atoms with van der Waals surface area (Å²) in [5.41, 5.74) is 7.57. The van der Waals surface area contributed by atoms with Crippen LogP contribution in [0.4, 0.5) is 11.4 Å². The molecule has 0 bridgehead atoms. The van der Waals surface area contributed by atoms with Crippen molar-refractivity contribution in [2.24, 2.45) is 5.92 Å². The summed E-state index contributed by atoms with van der Waals surface area (Å²) in [4.78, 5) is 0. The molecule has 0 spiro atoms. The molecule has 1 aliphatic carbocycles. The highest BCUT2D eigenvalue weighted by Crippen LogP contribution is 2.32. The van der Waals surface area contributed by atoms with Crippen molar-refractivity contribution in [1.82, 2.24) is 0 Å². The van der Waals surface area contributed by atoms with Crippen LogP contribution >= 0.6 is 11.6 Å². The van der Waals surface area contributed by atoms with Crippen molar-refractivity contribution in [1.29, 1.82) is 0 Å². The highest BCUT2D eigenvalue weighted by atomic mass is 35.5. The van der Waals surface area contributed by atoms with E-state index in [4.69, 9.17) is 17.3 Å². The van der Waals surface area contributed by atoms with E-state index < -0.39 is 0 Å². The molecule has 0 heterocycles. The maximum Gasteiger partial charge on any atom is 0.0765 e. The Hall–Kier alpha value is -0.890. The molecule has 2 nitrogen and oxygen atoms in total. The SMILES string of the molecule is CC1CCCC(Nc2c(N)cccc2Cl)C1. The van der Waals surface area contributed by atoms with E-state index in [1.54, 1.807) is 0 Å². The van der Waals surface area contributed by atoms with Gasteiger partial charge in [0.05, 0.1) is 16.4 Å². The zero-order valence-electron chi connectivity index (χ0n) is 9.67. The number of halogens is 1. The first-order valence-corrected chi connectivity index (χ1v) is 6.35. The van der Waals surface area contributed by atoms with Crippen molar-refractivity contribution < 1.29 is 0 Å². The molecule has 3 heteroatoms. The van der Waals surface area contributed by atoms with E-state index >= 15 is 0 Å². The first-order chi connectivity index (χ1) is 7.66. The molecular weight excluding hydrogens is 220 g/mol. The molecular formula is C13H19ClN2. The zero-order valence-corrected chi connectivity index (χ0v) is 10.4. The molecule has 2 unspecified atom stereocenters. The number of hydrogen-bond acceptors (Lipinski definition) is 2. The van der Waals surface area contributed by atoms with E-state index in [-0.39, 0.29) is 0 Å². The van der Waals surface area contributed by atoms with Gasteiger partial charge in [0, 0.05) is 6.04 Å². The Morgan fingerprint density at radius 2 is 2.19 bits per heavy atom. The number of benzene rings is 1. The average molecular weight is 239 g/mol. The normalized spacial score (nSPS) is 25.4. The molecule has 0 aromatic heterocycles. The van der Waals surface area contributed by atoms with Gasteiger partial charge in [-0.15, -0.1) is 0 Å². The second kappa shape index (κ2) is 4.96. The Bertz CT molecular complexity index is 345. The number of nitrogens with two attached hydrogens (primary N) is 1. The number of nitrogen functional groups attached to an aromatic ring is 1. The first-order valence-electron chi connectivity index (χ1n) is 5.97. The molecule has 1 aromatic rings. The lowest BCUT2D eigenvalue weighted by molar-refractivity contribution is 0.359. The Kier molecular flexibility index (Phi) is 3.59. The Balaban J connectivity index is 2.08. The van der Waals surface area contributed by atoms with E-state index in [0.29, 0.717) is 6.04 Å². The zero-order chi connectivity index (χ0) is 11.5. The van der Waals surface area contributed by atoms with Gasteiger partial charge in [-0.1, -0.05) is 37.4 Å². The summed E-state index contributed by atoms with van der Waals surface area (Å²) in [6.45, 7) is 2.31. The first kappa shape index (κ1) is 11.6. The minimum Gasteiger partial charge on any atom is -0.397 e. The van der Waals surface area contributed by atoms with Crippen LogP contribution in [-0.4, -0.2) is 6.04 Å². The van der Waals surface area contributed by atoms with Crippen molar-refractivity contribution in [3.05, 3.63) is 23.2 Å². The average Bonchev–Trinajstić information content (AvgIpc) is 2.24. The van der Waals surface area contributed by atoms with Crippen molar-refractivity contribution in [2.45, 2.75) is 38.6 Å². The van der Waals surface area contributed by atoms with E-state index in [2.05, 4.69) is 12.2 Å². The van der Waals surface area contributed by atoms with Crippen LogP contribution in [0.1, 0.15) is 32.6 Å². The van der Waals surface area contributed by atoms with Crippen LogP contribution < -0.4 is 11.1 Å². The van der Waals surface area contributed by atoms with Gasteiger partial charge >= 0.3 is 0 Å². The maximum absolute atomic E-state index is 6.14.